The molecule has 2 aliphatic heterocycles. The number of carboxylic acids is 2. The van der Waals surface area contributed by atoms with Gasteiger partial charge in [-0.1, -0.05) is 0 Å². The van der Waals surface area contributed by atoms with E-state index in [4.69, 9.17) is 40.4 Å². The first-order valence-corrected chi connectivity index (χ1v) is 16.8. The Bertz CT molecular complexity index is 2520. The quantitative estimate of drug-likeness (QED) is 0.184. The van der Waals surface area contributed by atoms with Crippen LogP contribution in [0.4, 0.5) is 0 Å². The Morgan fingerprint density at radius 1 is 0.630 bits per heavy atom. The van der Waals surface area contributed by atoms with Crippen molar-refractivity contribution in [2.45, 2.75) is 25.9 Å². The number of hydrogen-bond acceptors (Lipinski definition) is 10. The number of nitrogens with two attached hydrogens (primary N) is 2. The third-order valence-corrected chi connectivity index (χ3v) is 9.24. The normalized spacial score (nSPS) is 13.1. The number of nitrogens with zero attached hydrogens (tertiary/aromatic N) is 4. The second kappa shape index (κ2) is 14.1. The number of aromatic carboxylic acids is 2. The fourth-order valence-electron chi connectivity index (χ4n) is 6.75. The minimum atomic E-state index is -1.22. The van der Waals surface area contributed by atoms with Crippen molar-refractivity contribution >= 4 is 45.8 Å². The number of ether oxygens (including phenoxy) is 4. The number of carbonyl (C=O) groups excluding carboxylic acids is 2. The summed E-state index contributed by atoms with van der Waals surface area (Å²) in [5.41, 5.74) is 13.3. The van der Waals surface area contributed by atoms with E-state index in [1.54, 1.807) is 45.5 Å². The minimum Gasteiger partial charge on any atom is -0.494 e. The molecule has 6 N–H and O–H groups in total. The summed E-state index contributed by atoms with van der Waals surface area (Å²) in [4.78, 5) is 59.9. The summed E-state index contributed by atoms with van der Waals surface area (Å²) in [6.45, 7) is 0.752. The molecule has 0 aliphatic carbocycles. The first kappa shape index (κ1) is 35.3. The fourth-order valence-corrected chi connectivity index (χ4v) is 6.75. The zero-order chi connectivity index (χ0) is 38.3. The molecule has 0 radical (unpaired) electrons. The highest BCUT2D eigenvalue weighted by molar-refractivity contribution is 6.04. The molecule has 0 unspecified atom stereocenters. The Labute approximate surface area is 306 Å². The van der Waals surface area contributed by atoms with Crippen LogP contribution in [0, 0.1) is 0 Å². The Hall–Kier alpha value is -7.10. The Kier molecular flexibility index (Phi) is 9.24. The Morgan fingerprint density at radius 3 is 1.57 bits per heavy atom. The summed E-state index contributed by atoms with van der Waals surface area (Å²) in [6.07, 6.45) is 1.14. The molecule has 0 saturated carbocycles. The molecule has 0 saturated heterocycles. The van der Waals surface area contributed by atoms with Gasteiger partial charge in [0.05, 0.1) is 60.7 Å². The number of primary amides is 2. The molecule has 16 heteroatoms. The molecular formula is C38H34N6O10. The summed E-state index contributed by atoms with van der Waals surface area (Å²) >= 11 is 0. The van der Waals surface area contributed by atoms with Crippen molar-refractivity contribution in [1.82, 2.24) is 19.1 Å². The van der Waals surface area contributed by atoms with E-state index in [0.717, 1.165) is 0 Å². The number of rotatable bonds is 6. The van der Waals surface area contributed by atoms with Gasteiger partial charge in [0, 0.05) is 24.2 Å². The molecule has 0 atom stereocenters. The number of imidazole rings is 2. The van der Waals surface area contributed by atoms with Gasteiger partial charge in [-0.25, -0.2) is 19.6 Å². The minimum absolute atomic E-state index is 0.0595. The largest absolute Gasteiger partial charge is 0.494 e. The molecule has 54 heavy (non-hydrogen) atoms. The molecule has 4 bridgehead atoms. The standard InChI is InChI=1S/C38H34N6O10/c1-51-31-23(33(39)45)9-11-27-29(31)41-35-21-7-5-20(18-26(21)38(49)50)54-16-4-3-15-53-19-6-8-22(37(47)48)25(17-19)36-42-30-28(44(36)14-13-43(27)35)12-10-24(34(40)46)32(30)52-2/h5-12,17-18H,3-4,13-16H2,1-2H3,(H2,39,45)(H2,40,46)(H,47,48)(H,49,50). The van der Waals surface area contributed by atoms with Gasteiger partial charge in [0.1, 0.15) is 34.2 Å². The molecule has 4 heterocycles. The fraction of sp³-hybridized carbons (Fsp3) is 0.211. The molecule has 0 spiro atoms. The van der Waals surface area contributed by atoms with Gasteiger partial charge in [-0.2, -0.15) is 0 Å². The first-order valence-electron chi connectivity index (χ1n) is 16.8. The van der Waals surface area contributed by atoms with E-state index < -0.39 is 23.8 Å². The lowest BCUT2D eigenvalue weighted by Crippen LogP contribution is -2.14. The van der Waals surface area contributed by atoms with Crippen LogP contribution in [0.2, 0.25) is 0 Å². The molecule has 2 amide bonds. The van der Waals surface area contributed by atoms with Crippen LogP contribution in [0.1, 0.15) is 54.3 Å². The van der Waals surface area contributed by atoms with Crippen molar-refractivity contribution in [2.24, 2.45) is 11.5 Å². The highest BCUT2D eigenvalue weighted by atomic mass is 16.5. The maximum absolute atomic E-state index is 12.7. The monoisotopic (exact) mass is 734 g/mol. The number of amides is 2. The van der Waals surface area contributed by atoms with E-state index in [1.807, 2.05) is 0 Å². The molecule has 2 aromatic heterocycles. The van der Waals surface area contributed by atoms with Crippen LogP contribution in [-0.4, -0.2) is 80.5 Å². The topological polar surface area (TPSA) is 233 Å². The summed E-state index contributed by atoms with van der Waals surface area (Å²) < 4.78 is 26.7. The van der Waals surface area contributed by atoms with Crippen LogP contribution in [0.15, 0.2) is 60.7 Å². The maximum atomic E-state index is 12.7. The summed E-state index contributed by atoms with van der Waals surface area (Å²) in [5, 5.41) is 20.7. The molecule has 2 aliphatic rings. The van der Waals surface area contributed by atoms with Crippen molar-refractivity contribution in [3.63, 3.8) is 0 Å². The average Bonchev–Trinajstić information content (AvgIpc) is 3.71. The average molecular weight is 735 g/mol. The van der Waals surface area contributed by atoms with Crippen LogP contribution in [-0.2, 0) is 13.1 Å². The number of benzene rings is 4. The summed E-state index contributed by atoms with van der Waals surface area (Å²) in [7, 11) is 2.75. The number of carbonyl (C=O) groups is 4. The first-order chi connectivity index (χ1) is 26.0. The number of carboxylic acid groups (broad SMARTS) is 2. The Morgan fingerprint density at radius 2 is 1.09 bits per heavy atom. The second-order valence-corrected chi connectivity index (χ2v) is 12.4. The third kappa shape index (κ3) is 6.12. The third-order valence-electron chi connectivity index (χ3n) is 9.24. The van der Waals surface area contributed by atoms with Crippen molar-refractivity contribution in [1.29, 1.82) is 0 Å². The van der Waals surface area contributed by atoms with Gasteiger partial charge in [0.2, 0.25) is 0 Å². The van der Waals surface area contributed by atoms with Crippen molar-refractivity contribution < 1.29 is 48.3 Å². The van der Waals surface area contributed by atoms with Crippen LogP contribution in [0.3, 0.4) is 0 Å². The lowest BCUT2D eigenvalue weighted by Gasteiger charge is -2.16. The van der Waals surface area contributed by atoms with Gasteiger partial charge >= 0.3 is 11.9 Å². The van der Waals surface area contributed by atoms with Crippen LogP contribution < -0.4 is 30.4 Å². The van der Waals surface area contributed by atoms with E-state index in [9.17, 15) is 29.4 Å². The second-order valence-electron chi connectivity index (χ2n) is 12.4. The molecule has 4 aromatic carbocycles. The molecule has 276 valence electrons. The SMILES string of the molecule is COc1c(C(N)=O)ccc2c1nc1n2CCn2c(nc3c(OC)c(C(N)=O)ccc32)-c2cc(ccc2C(=O)O)OCCCCOc2ccc-1c(C(=O)O)c2. The summed E-state index contributed by atoms with van der Waals surface area (Å²) in [6, 6.07) is 15.6. The number of aromatic nitrogens is 4. The van der Waals surface area contributed by atoms with Gasteiger partial charge in [-0.15, -0.1) is 0 Å². The van der Waals surface area contributed by atoms with E-state index in [1.165, 1.54) is 38.5 Å². The van der Waals surface area contributed by atoms with Crippen LogP contribution in [0.5, 0.6) is 23.0 Å². The number of methoxy groups -OCH3 is 2. The summed E-state index contributed by atoms with van der Waals surface area (Å²) in [5.74, 6) is -2.52. The van der Waals surface area contributed by atoms with Gasteiger partial charge in [0.15, 0.2) is 11.5 Å². The van der Waals surface area contributed by atoms with E-state index >= 15 is 0 Å². The number of fused-ring (bicyclic) bond motifs is 10. The molecule has 8 rings (SSSR count). The molecule has 6 aromatic rings. The van der Waals surface area contributed by atoms with E-state index in [0.29, 0.717) is 35.4 Å². The molecular weight excluding hydrogens is 700 g/mol. The van der Waals surface area contributed by atoms with Crippen molar-refractivity contribution in [3.05, 3.63) is 82.9 Å². The van der Waals surface area contributed by atoms with Crippen LogP contribution >= 0.6 is 0 Å². The van der Waals surface area contributed by atoms with E-state index in [2.05, 4.69) is 0 Å². The molecule has 0 fully saturated rings. The number of hydrogen-bond donors (Lipinski definition) is 4. The zero-order valence-electron chi connectivity index (χ0n) is 29.1. The van der Waals surface area contributed by atoms with E-state index in [-0.39, 0.29) is 93.9 Å². The number of aryl methyl sites for hydroxylation is 2. The lowest BCUT2D eigenvalue weighted by molar-refractivity contribution is 0.0686. The highest BCUT2D eigenvalue weighted by Crippen LogP contribution is 2.38. The maximum Gasteiger partial charge on any atom is 0.336 e. The van der Waals surface area contributed by atoms with Crippen molar-refractivity contribution in [2.75, 3.05) is 27.4 Å². The lowest BCUT2D eigenvalue weighted by atomic mass is 10.1. The smallest absolute Gasteiger partial charge is 0.336 e. The Balaban J connectivity index is 1.52. The van der Waals surface area contributed by atoms with Gasteiger partial charge < -0.3 is 49.8 Å². The van der Waals surface area contributed by atoms with Crippen LogP contribution in [0.25, 0.3) is 44.8 Å². The predicted octanol–water partition coefficient (Wildman–Crippen LogP) is 4.58. The highest BCUT2D eigenvalue weighted by Gasteiger charge is 2.27. The van der Waals surface area contributed by atoms with Gasteiger partial charge in [-0.3, -0.25) is 9.59 Å². The van der Waals surface area contributed by atoms with Gasteiger partial charge in [-0.05, 0) is 73.5 Å². The van der Waals surface area contributed by atoms with Gasteiger partial charge in [0.25, 0.3) is 11.8 Å². The zero-order valence-corrected chi connectivity index (χ0v) is 29.1. The van der Waals surface area contributed by atoms with Crippen molar-refractivity contribution in [3.8, 4) is 45.8 Å². The predicted molar refractivity (Wildman–Crippen MR) is 195 cm³/mol. The molecule has 16 nitrogen and oxygen atoms in total.